The van der Waals surface area contributed by atoms with E-state index in [-0.39, 0.29) is 0 Å². The van der Waals surface area contributed by atoms with Crippen molar-refractivity contribution in [2.45, 2.75) is 31.8 Å². The van der Waals surface area contributed by atoms with Gasteiger partial charge in [0.15, 0.2) is 5.58 Å². The molecule has 0 aliphatic carbocycles. The summed E-state index contributed by atoms with van der Waals surface area (Å²) in [6.45, 7) is 2.75. The van der Waals surface area contributed by atoms with Crippen molar-refractivity contribution in [2.75, 3.05) is 19.6 Å². The number of H-pyrrole nitrogens is 1. The second kappa shape index (κ2) is 5.81. The molecule has 1 aromatic heterocycles. The molecule has 1 aromatic carbocycles. The van der Waals surface area contributed by atoms with Crippen LogP contribution in [0.1, 0.15) is 37.4 Å². The highest BCUT2D eigenvalue weighted by Gasteiger charge is 2.16. The van der Waals surface area contributed by atoms with Gasteiger partial charge < -0.3 is 14.4 Å². The predicted molar refractivity (Wildman–Crippen MR) is 76.7 cm³/mol. The molecule has 1 saturated heterocycles. The second-order valence-electron chi connectivity index (χ2n) is 5.50. The van der Waals surface area contributed by atoms with E-state index in [0.29, 0.717) is 17.6 Å². The Morgan fingerprint density at radius 1 is 1.25 bits per heavy atom. The number of oxazole rings is 1. The number of hydrogen-bond donors (Lipinski definition) is 2. The van der Waals surface area contributed by atoms with Crippen molar-refractivity contribution < 1.29 is 9.52 Å². The fraction of sp³-hybridized carbons (Fsp3) is 0.533. The molecule has 0 radical (unpaired) electrons. The quantitative estimate of drug-likeness (QED) is 0.900. The number of fused-ring (bicyclic) bond motifs is 1. The van der Waals surface area contributed by atoms with Gasteiger partial charge in [-0.2, -0.15) is 0 Å². The number of hydrogen-bond acceptors (Lipinski definition) is 4. The van der Waals surface area contributed by atoms with Gasteiger partial charge in [0.2, 0.25) is 0 Å². The minimum atomic E-state index is -0.544. The minimum absolute atomic E-state index is 0.459. The lowest BCUT2D eigenvalue weighted by Gasteiger charge is -2.23. The first-order chi connectivity index (χ1) is 9.72. The van der Waals surface area contributed by atoms with Gasteiger partial charge in [-0.3, -0.25) is 4.98 Å². The van der Waals surface area contributed by atoms with Gasteiger partial charge >= 0.3 is 5.76 Å². The smallest absolute Gasteiger partial charge is 0.408 e. The van der Waals surface area contributed by atoms with Gasteiger partial charge in [0.25, 0.3) is 0 Å². The fourth-order valence-electron chi connectivity index (χ4n) is 2.84. The number of aromatic nitrogens is 1. The summed E-state index contributed by atoms with van der Waals surface area (Å²) in [5.74, 6) is -0.459. The Balaban J connectivity index is 1.73. The third-order valence-corrected chi connectivity index (χ3v) is 3.96. The van der Waals surface area contributed by atoms with Crippen LogP contribution in [0.25, 0.3) is 11.1 Å². The molecule has 1 unspecified atom stereocenters. The van der Waals surface area contributed by atoms with Crippen molar-refractivity contribution in [3.63, 3.8) is 0 Å². The van der Waals surface area contributed by atoms with Crippen LogP contribution >= 0.6 is 0 Å². The Morgan fingerprint density at radius 3 is 2.75 bits per heavy atom. The van der Waals surface area contributed by atoms with Gasteiger partial charge in [0.1, 0.15) is 0 Å². The van der Waals surface area contributed by atoms with E-state index in [0.717, 1.165) is 18.7 Å². The first-order valence-corrected chi connectivity index (χ1v) is 7.25. The van der Waals surface area contributed by atoms with E-state index in [1.54, 1.807) is 12.1 Å². The van der Waals surface area contributed by atoms with E-state index in [1.165, 1.54) is 25.7 Å². The molecule has 0 spiro atoms. The van der Waals surface area contributed by atoms with Crippen LogP contribution in [0.3, 0.4) is 0 Å². The average molecular weight is 276 g/mol. The molecule has 2 N–H and O–H groups in total. The zero-order valence-corrected chi connectivity index (χ0v) is 11.5. The highest BCUT2D eigenvalue weighted by molar-refractivity contribution is 5.72. The highest BCUT2D eigenvalue weighted by atomic mass is 16.4. The average Bonchev–Trinajstić information content (AvgIpc) is 2.62. The normalized spacial score (nSPS) is 19.1. The van der Waals surface area contributed by atoms with Gasteiger partial charge in [0.05, 0.1) is 11.6 Å². The third-order valence-electron chi connectivity index (χ3n) is 3.96. The fourth-order valence-corrected chi connectivity index (χ4v) is 2.84. The Hall–Kier alpha value is -1.59. The van der Waals surface area contributed by atoms with Crippen molar-refractivity contribution in [1.29, 1.82) is 0 Å². The Morgan fingerprint density at radius 2 is 2.00 bits per heavy atom. The van der Waals surface area contributed by atoms with Crippen LogP contribution in [-0.2, 0) is 0 Å². The number of nitrogens with one attached hydrogen (secondary N) is 1. The first kappa shape index (κ1) is 13.4. The van der Waals surface area contributed by atoms with Gasteiger partial charge in [0, 0.05) is 6.54 Å². The molecule has 5 nitrogen and oxygen atoms in total. The van der Waals surface area contributed by atoms with Crippen molar-refractivity contribution in [1.82, 2.24) is 9.88 Å². The molecule has 0 amide bonds. The Labute approximate surface area is 117 Å². The van der Waals surface area contributed by atoms with Crippen LogP contribution in [0, 0.1) is 0 Å². The molecule has 0 saturated carbocycles. The van der Waals surface area contributed by atoms with E-state index < -0.39 is 11.9 Å². The third kappa shape index (κ3) is 2.94. The van der Waals surface area contributed by atoms with E-state index in [1.807, 2.05) is 6.07 Å². The van der Waals surface area contributed by atoms with Crippen molar-refractivity contribution in [3.05, 3.63) is 34.3 Å². The standard InChI is InChI=1S/C15H20N2O3/c18-13(10-17-7-3-1-2-4-8-17)11-5-6-12-14(9-11)20-15(19)16-12/h5-6,9,13,18H,1-4,7-8,10H2,(H,16,19). The zero-order chi connectivity index (χ0) is 13.9. The molecule has 0 bridgehead atoms. The minimum Gasteiger partial charge on any atom is -0.408 e. The van der Waals surface area contributed by atoms with Crippen LogP contribution in [0.5, 0.6) is 0 Å². The van der Waals surface area contributed by atoms with Gasteiger partial charge in [-0.25, -0.2) is 4.79 Å². The van der Waals surface area contributed by atoms with Gasteiger partial charge in [-0.05, 0) is 43.6 Å². The molecule has 1 aliphatic heterocycles. The van der Waals surface area contributed by atoms with E-state index in [4.69, 9.17) is 4.42 Å². The number of nitrogens with zero attached hydrogens (tertiary/aromatic N) is 1. The summed E-state index contributed by atoms with van der Waals surface area (Å²) >= 11 is 0. The molecule has 20 heavy (non-hydrogen) atoms. The number of aliphatic hydroxyl groups excluding tert-OH is 1. The van der Waals surface area contributed by atoms with Crippen LogP contribution in [0.4, 0.5) is 0 Å². The van der Waals surface area contributed by atoms with E-state index >= 15 is 0 Å². The maximum absolute atomic E-state index is 11.1. The first-order valence-electron chi connectivity index (χ1n) is 7.25. The molecule has 2 heterocycles. The monoisotopic (exact) mass is 276 g/mol. The molecule has 2 aromatic rings. The number of benzene rings is 1. The van der Waals surface area contributed by atoms with Crippen LogP contribution in [0.2, 0.25) is 0 Å². The number of likely N-dealkylation sites (tertiary alicyclic amines) is 1. The predicted octanol–water partition coefficient (Wildman–Crippen LogP) is 2.03. The molecule has 108 valence electrons. The summed E-state index contributed by atoms with van der Waals surface area (Å²) in [7, 11) is 0. The maximum atomic E-state index is 11.1. The lowest BCUT2D eigenvalue weighted by atomic mass is 10.1. The lowest BCUT2D eigenvalue weighted by molar-refractivity contribution is 0.115. The summed E-state index contributed by atoms with van der Waals surface area (Å²) in [4.78, 5) is 16.0. The van der Waals surface area contributed by atoms with Gasteiger partial charge in [-0.15, -0.1) is 0 Å². The second-order valence-corrected chi connectivity index (χ2v) is 5.50. The molecule has 1 fully saturated rings. The van der Waals surface area contributed by atoms with Crippen LogP contribution < -0.4 is 5.76 Å². The zero-order valence-electron chi connectivity index (χ0n) is 11.5. The van der Waals surface area contributed by atoms with Crippen LogP contribution in [-0.4, -0.2) is 34.6 Å². The number of aliphatic hydroxyl groups is 1. The van der Waals surface area contributed by atoms with Crippen molar-refractivity contribution in [2.24, 2.45) is 0 Å². The molecule has 3 rings (SSSR count). The molecule has 5 heteroatoms. The SMILES string of the molecule is O=c1[nH]c2ccc(C(O)CN3CCCCCC3)cc2o1. The molecule has 1 aliphatic rings. The Bertz CT molecular complexity index is 623. The maximum Gasteiger partial charge on any atom is 0.417 e. The van der Waals surface area contributed by atoms with E-state index in [2.05, 4.69) is 9.88 Å². The molecule has 1 atom stereocenters. The van der Waals surface area contributed by atoms with Crippen LogP contribution in [0.15, 0.2) is 27.4 Å². The summed E-state index contributed by atoms with van der Waals surface area (Å²) in [6.07, 6.45) is 4.44. The summed E-state index contributed by atoms with van der Waals surface area (Å²) in [5.41, 5.74) is 1.97. The lowest BCUT2D eigenvalue weighted by Crippen LogP contribution is -2.29. The Kier molecular flexibility index (Phi) is 3.89. The largest absolute Gasteiger partial charge is 0.417 e. The molecular weight excluding hydrogens is 256 g/mol. The number of β-amino-alcohol motifs (C(OH)–C–C–N with tert-alkyl or cyclic N) is 1. The molecular formula is C15H20N2O3. The highest BCUT2D eigenvalue weighted by Crippen LogP contribution is 2.20. The topological polar surface area (TPSA) is 69.5 Å². The summed E-state index contributed by atoms with van der Waals surface area (Å²) in [5, 5.41) is 10.4. The van der Waals surface area contributed by atoms with Crippen molar-refractivity contribution >= 4 is 11.1 Å². The van der Waals surface area contributed by atoms with Gasteiger partial charge in [-0.1, -0.05) is 18.9 Å². The number of aromatic amines is 1. The summed E-state index contributed by atoms with van der Waals surface area (Å²) < 4.78 is 5.03. The number of rotatable bonds is 3. The van der Waals surface area contributed by atoms with Crippen molar-refractivity contribution in [3.8, 4) is 0 Å². The summed E-state index contributed by atoms with van der Waals surface area (Å²) in [6, 6.07) is 5.37. The van der Waals surface area contributed by atoms with E-state index in [9.17, 15) is 9.90 Å².